The van der Waals surface area contributed by atoms with Crippen molar-refractivity contribution in [1.29, 1.82) is 0 Å². The van der Waals surface area contributed by atoms with Crippen molar-refractivity contribution in [3.05, 3.63) is 47.9 Å². The molecule has 2 atom stereocenters. The standard InChI is InChI=1S/C19H22N4O3/c24-17(10-9-14-6-1-3-11-20-14)23-12-4-2-7-15(23)18-21-22-19(26-18)16-8-5-13-25-16/h1,3,6,9-11,15-16H,2,4-5,7-8,12-13H2/b10-9+/t15?,16-/m1/s1. The highest BCUT2D eigenvalue weighted by Crippen LogP contribution is 2.33. The summed E-state index contributed by atoms with van der Waals surface area (Å²) in [5.41, 5.74) is 0.757. The van der Waals surface area contributed by atoms with Crippen LogP contribution in [0.15, 0.2) is 34.9 Å². The topological polar surface area (TPSA) is 81.4 Å². The molecule has 7 nitrogen and oxygen atoms in total. The van der Waals surface area contributed by atoms with Gasteiger partial charge in [0.15, 0.2) is 0 Å². The molecule has 0 aromatic carbocycles. The van der Waals surface area contributed by atoms with Crippen molar-refractivity contribution in [3.8, 4) is 0 Å². The lowest BCUT2D eigenvalue weighted by Crippen LogP contribution is -2.37. The fraction of sp³-hybridized carbons (Fsp3) is 0.474. The van der Waals surface area contributed by atoms with E-state index in [0.29, 0.717) is 18.3 Å². The SMILES string of the molecule is O=C(/C=C/c1ccccn1)N1CCCCC1c1nnc([C@H]2CCCO2)o1. The quantitative estimate of drug-likeness (QED) is 0.785. The summed E-state index contributed by atoms with van der Waals surface area (Å²) in [4.78, 5) is 18.7. The Hall–Kier alpha value is -2.54. The Morgan fingerprint density at radius 1 is 1.15 bits per heavy atom. The minimum absolute atomic E-state index is 0.0581. The molecule has 0 bridgehead atoms. The molecular weight excluding hydrogens is 332 g/mol. The first-order valence-corrected chi connectivity index (χ1v) is 9.16. The van der Waals surface area contributed by atoms with E-state index >= 15 is 0 Å². The van der Waals surface area contributed by atoms with E-state index in [9.17, 15) is 4.79 Å². The molecule has 4 heterocycles. The Morgan fingerprint density at radius 2 is 2.08 bits per heavy atom. The Balaban J connectivity index is 1.49. The van der Waals surface area contributed by atoms with E-state index in [1.165, 1.54) is 0 Å². The second kappa shape index (κ2) is 7.78. The highest BCUT2D eigenvalue weighted by Gasteiger charge is 2.32. The molecule has 2 aliphatic rings. The van der Waals surface area contributed by atoms with Gasteiger partial charge in [0.1, 0.15) is 12.1 Å². The van der Waals surface area contributed by atoms with Crippen LogP contribution >= 0.6 is 0 Å². The van der Waals surface area contributed by atoms with Crippen LogP contribution in [0.2, 0.25) is 0 Å². The molecule has 0 radical (unpaired) electrons. The molecule has 1 amide bonds. The van der Waals surface area contributed by atoms with E-state index < -0.39 is 0 Å². The summed E-state index contributed by atoms with van der Waals surface area (Å²) in [5.74, 6) is 0.978. The minimum Gasteiger partial charge on any atom is -0.420 e. The number of aromatic nitrogens is 3. The summed E-state index contributed by atoms with van der Waals surface area (Å²) in [6, 6.07) is 5.43. The third kappa shape index (κ3) is 3.67. The lowest BCUT2D eigenvalue weighted by molar-refractivity contribution is -0.130. The van der Waals surface area contributed by atoms with Crippen molar-refractivity contribution >= 4 is 12.0 Å². The minimum atomic E-state index is -0.174. The summed E-state index contributed by atoms with van der Waals surface area (Å²) < 4.78 is 11.5. The molecule has 2 aliphatic heterocycles. The van der Waals surface area contributed by atoms with Gasteiger partial charge in [-0.05, 0) is 50.3 Å². The maximum atomic E-state index is 12.7. The van der Waals surface area contributed by atoms with Gasteiger partial charge < -0.3 is 14.1 Å². The molecule has 26 heavy (non-hydrogen) atoms. The summed E-state index contributed by atoms with van der Waals surface area (Å²) in [7, 11) is 0. The number of carbonyl (C=O) groups excluding carboxylic acids is 1. The van der Waals surface area contributed by atoms with Crippen LogP contribution in [0.4, 0.5) is 0 Å². The van der Waals surface area contributed by atoms with Crippen molar-refractivity contribution in [3.63, 3.8) is 0 Å². The summed E-state index contributed by atoms with van der Waals surface area (Å²) >= 11 is 0. The molecule has 2 fully saturated rings. The van der Waals surface area contributed by atoms with E-state index in [-0.39, 0.29) is 18.1 Å². The van der Waals surface area contributed by atoms with Crippen LogP contribution < -0.4 is 0 Å². The Kier molecular flexibility index (Phi) is 5.06. The number of carbonyl (C=O) groups is 1. The Labute approximate surface area is 152 Å². The number of hydrogen-bond acceptors (Lipinski definition) is 6. The fourth-order valence-electron chi connectivity index (χ4n) is 3.46. The summed E-state index contributed by atoms with van der Waals surface area (Å²) in [6.45, 7) is 1.42. The van der Waals surface area contributed by atoms with Crippen molar-refractivity contribution < 1.29 is 13.9 Å². The predicted octanol–water partition coefficient (Wildman–Crippen LogP) is 3.08. The van der Waals surface area contributed by atoms with Gasteiger partial charge in [-0.25, -0.2) is 0 Å². The lowest BCUT2D eigenvalue weighted by Gasteiger charge is -2.32. The molecule has 1 unspecified atom stereocenters. The molecule has 2 saturated heterocycles. The second-order valence-electron chi connectivity index (χ2n) is 6.61. The smallest absolute Gasteiger partial charge is 0.247 e. The van der Waals surface area contributed by atoms with Crippen molar-refractivity contribution in [2.45, 2.75) is 44.2 Å². The molecule has 0 spiro atoms. The maximum Gasteiger partial charge on any atom is 0.247 e. The first-order valence-electron chi connectivity index (χ1n) is 9.16. The molecule has 136 valence electrons. The fourth-order valence-corrected chi connectivity index (χ4v) is 3.46. The second-order valence-corrected chi connectivity index (χ2v) is 6.61. The monoisotopic (exact) mass is 354 g/mol. The van der Waals surface area contributed by atoms with E-state index in [2.05, 4.69) is 15.2 Å². The normalized spacial score (nSPS) is 23.6. The number of piperidine rings is 1. The average molecular weight is 354 g/mol. The van der Waals surface area contributed by atoms with Crippen LogP contribution in [-0.2, 0) is 9.53 Å². The van der Waals surface area contributed by atoms with Gasteiger partial charge in [-0.1, -0.05) is 6.07 Å². The van der Waals surface area contributed by atoms with Gasteiger partial charge in [-0.15, -0.1) is 10.2 Å². The van der Waals surface area contributed by atoms with Crippen LogP contribution in [0, 0.1) is 0 Å². The van der Waals surface area contributed by atoms with Crippen molar-refractivity contribution in [2.24, 2.45) is 0 Å². The van der Waals surface area contributed by atoms with Gasteiger partial charge in [-0.2, -0.15) is 0 Å². The van der Waals surface area contributed by atoms with Crippen LogP contribution in [0.1, 0.15) is 61.7 Å². The van der Waals surface area contributed by atoms with Crippen LogP contribution in [-0.4, -0.2) is 39.1 Å². The molecule has 7 heteroatoms. The molecule has 0 saturated carbocycles. The predicted molar refractivity (Wildman–Crippen MR) is 93.8 cm³/mol. The lowest BCUT2D eigenvalue weighted by atomic mass is 10.0. The zero-order valence-electron chi connectivity index (χ0n) is 14.6. The summed E-state index contributed by atoms with van der Waals surface area (Å²) in [6.07, 6.45) is 9.67. The number of rotatable bonds is 4. The number of likely N-dealkylation sites (tertiary alicyclic amines) is 1. The van der Waals surface area contributed by atoms with Gasteiger partial charge in [-0.3, -0.25) is 9.78 Å². The van der Waals surface area contributed by atoms with Gasteiger partial charge >= 0.3 is 0 Å². The van der Waals surface area contributed by atoms with E-state index in [4.69, 9.17) is 9.15 Å². The van der Waals surface area contributed by atoms with Crippen molar-refractivity contribution in [2.75, 3.05) is 13.2 Å². The van der Waals surface area contributed by atoms with Crippen LogP contribution in [0.25, 0.3) is 6.08 Å². The molecule has 2 aromatic rings. The maximum absolute atomic E-state index is 12.7. The van der Waals surface area contributed by atoms with Gasteiger partial charge in [0.2, 0.25) is 17.7 Å². The molecule has 2 aromatic heterocycles. The highest BCUT2D eigenvalue weighted by atomic mass is 16.5. The number of ether oxygens (including phenoxy) is 1. The zero-order valence-corrected chi connectivity index (χ0v) is 14.6. The molecule has 0 N–H and O–H groups in total. The number of hydrogen-bond donors (Lipinski definition) is 0. The number of nitrogens with zero attached hydrogens (tertiary/aromatic N) is 4. The first-order chi connectivity index (χ1) is 12.8. The third-order valence-corrected chi connectivity index (χ3v) is 4.82. The van der Waals surface area contributed by atoms with Crippen LogP contribution in [0.3, 0.4) is 0 Å². The highest BCUT2D eigenvalue weighted by molar-refractivity contribution is 5.91. The first kappa shape index (κ1) is 16.9. The van der Waals surface area contributed by atoms with E-state index in [1.54, 1.807) is 18.3 Å². The third-order valence-electron chi connectivity index (χ3n) is 4.82. The van der Waals surface area contributed by atoms with Gasteiger partial charge in [0.25, 0.3) is 0 Å². The van der Waals surface area contributed by atoms with E-state index in [1.807, 2.05) is 23.1 Å². The van der Waals surface area contributed by atoms with Gasteiger partial charge in [0, 0.05) is 25.4 Å². The van der Waals surface area contributed by atoms with E-state index in [0.717, 1.165) is 44.4 Å². The van der Waals surface area contributed by atoms with Gasteiger partial charge in [0.05, 0.1) is 5.69 Å². The molecule has 4 rings (SSSR count). The summed E-state index contributed by atoms with van der Waals surface area (Å²) in [5, 5.41) is 8.36. The number of amides is 1. The Bertz CT molecular complexity index is 768. The molecule has 0 aliphatic carbocycles. The molecular formula is C19H22N4O3. The van der Waals surface area contributed by atoms with Crippen molar-refractivity contribution in [1.82, 2.24) is 20.1 Å². The largest absolute Gasteiger partial charge is 0.420 e. The zero-order chi connectivity index (χ0) is 17.8. The van der Waals surface area contributed by atoms with Crippen LogP contribution in [0.5, 0.6) is 0 Å². The number of pyridine rings is 1. The average Bonchev–Trinajstić information content (AvgIpc) is 3.38. The Morgan fingerprint density at radius 3 is 2.88 bits per heavy atom.